The summed E-state index contributed by atoms with van der Waals surface area (Å²) in [6, 6.07) is 0. The van der Waals surface area contributed by atoms with Crippen molar-refractivity contribution in [3.05, 3.63) is 0 Å². The van der Waals surface area contributed by atoms with Gasteiger partial charge in [-0.05, 0) is 12.8 Å². The maximum absolute atomic E-state index is 12.3. The SMILES string of the molecule is CCCCCCCCCCO[C@H](CNC(=O)CCCCCCCCC)COP(=O)(O)OCC[N+](C)(C)C. The van der Waals surface area contributed by atoms with Crippen molar-refractivity contribution in [2.24, 2.45) is 0 Å². The fourth-order valence-corrected chi connectivity index (χ4v) is 4.60. The lowest BCUT2D eigenvalue weighted by atomic mass is 10.1. The van der Waals surface area contributed by atoms with Gasteiger partial charge in [-0.2, -0.15) is 0 Å². The maximum Gasteiger partial charge on any atom is 0.472 e. The number of quaternary nitrogens is 1. The number of hydrogen-bond acceptors (Lipinski definition) is 5. The van der Waals surface area contributed by atoms with Gasteiger partial charge < -0.3 is 19.4 Å². The number of nitrogens with zero attached hydrogens (tertiary/aromatic N) is 1. The molecule has 1 unspecified atom stereocenters. The van der Waals surface area contributed by atoms with Crippen LogP contribution in [0.15, 0.2) is 0 Å². The summed E-state index contributed by atoms with van der Waals surface area (Å²) in [5.74, 6) is -0.0133. The topological polar surface area (TPSA) is 94.1 Å². The Morgan fingerprint density at radius 1 is 0.784 bits per heavy atom. The standard InChI is InChI=1S/C28H59N2O6P/c1-6-8-10-12-14-16-18-20-23-34-27(26-36-37(32,33)35-24-22-30(3,4)5)25-29-28(31)21-19-17-15-13-11-9-7-2/h27H,6-26H2,1-5H3,(H-,29,31,32,33)/p+1/t27-/m1/s1. The van der Waals surface area contributed by atoms with E-state index in [1.807, 2.05) is 21.1 Å². The van der Waals surface area contributed by atoms with Gasteiger partial charge in [-0.25, -0.2) is 4.57 Å². The minimum Gasteiger partial charge on any atom is -0.374 e. The molecule has 8 nitrogen and oxygen atoms in total. The molecule has 0 radical (unpaired) electrons. The molecule has 9 heteroatoms. The molecule has 0 saturated carbocycles. The number of ether oxygens (including phenoxy) is 1. The molecule has 0 aliphatic rings. The highest BCUT2D eigenvalue weighted by Gasteiger charge is 2.25. The zero-order valence-corrected chi connectivity index (χ0v) is 25.7. The summed E-state index contributed by atoms with van der Waals surface area (Å²) in [6.45, 7) is 5.83. The molecule has 37 heavy (non-hydrogen) atoms. The molecule has 222 valence electrons. The second-order valence-electron chi connectivity index (χ2n) is 11.3. The lowest BCUT2D eigenvalue weighted by molar-refractivity contribution is -0.870. The number of phosphoric ester groups is 1. The first-order chi connectivity index (χ1) is 17.6. The van der Waals surface area contributed by atoms with Gasteiger partial charge in [0.2, 0.25) is 5.91 Å². The van der Waals surface area contributed by atoms with Crippen molar-refractivity contribution in [1.29, 1.82) is 0 Å². The average Bonchev–Trinajstić information content (AvgIpc) is 2.82. The minimum absolute atomic E-state index is 0.0133. The predicted molar refractivity (Wildman–Crippen MR) is 153 cm³/mol. The van der Waals surface area contributed by atoms with Crippen molar-refractivity contribution in [2.45, 2.75) is 123 Å². The van der Waals surface area contributed by atoms with E-state index in [1.165, 1.54) is 70.6 Å². The Balaban J connectivity index is 4.39. The van der Waals surface area contributed by atoms with E-state index in [-0.39, 0.29) is 25.7 Å². The molecule has 2 N–H and O–H groups in total. The second-order valence-corrected chi connectivity index (χ2v) is 12.7. The van der Waals surface area contributed by atoms with Gasteiger partial charge in [-0.1, -0.05) is 97.3 Å². The smallest absolute Gasteiger partial charge is 0.374 e. The molecule has 0 bridgehead atoms. The van der Waals surface area contributed by atoms with Gasteiger partial charge in [0.05, 0.1) is 33.9 Å². The van der Waals surface area contributed by atoms with Crippen molar-refractivity contribution < 1.29 is 32.5 Å². The third kappa shape index (κ3) is 26.9. The zero-order valence-electron chi connectivity index (χ0n) is 24.8. The van der Waals surface area contributed by atoms with Crippen LogP contribution in [0.4, 0.5) is 0 Å². The molecule has 0 saturated heterocycles. The molecule has 1 amide bonds. The Hall–Kier alpha value is -0.500. The van der Waals surface area contributed by atoms with Crippen LogP contribution in [0.25, 0.3) is 0 Å². The van der Waals surface area contributed by atoms with Gasteiger partial charge >= 0.3 is 7.82 Å². The van der Waals surface area contributed by atoms with Gasteiger partial charge in [0.25, 0.3) is 0 Å². The average molecular weight is 552 g/mol. The van der Waals surface area contributed by atoms with Crippen LogP contribution in [0, 0.1) is 0 Å². The summed E-state index contributed by atoms with van der Waals surface area (Å²) >= 11 is 0. The number of unbranched alkanes of at least 4 members (excludes halogenated alkanes) is 13. The predicted octanol–water partition coefficient (Wildman–Crippen LogP) is 6.61. The summed E-state index contributed by atoms with van der Waals surface area (Å²) in [7, 11) is 1.77. The van der Waals surface area contributed by atoms with Gasteiger partial charge in [-0.3, -0.25) is 13.8 Å². The van der Waals surface area contributed by atoms with Crippen molar-refractivity contribution >= 4 is 13.7 Å². The first kappa shape index (κ1) is 36.5. The van der Waals surface area contributed by atoms with Crippen LogP contribution < -0.4 is 5.32 Å². The van der Waals surface area contributed by atoms with E-state index in [1.54, 1.807) is 0 Å². The van der Waals surface area contributed by atoms with E-state index in [9.17, 15) is 14.3 Å². The number of carbonyl (C=O) groups is 1. The molecule has 0 fully saturated rings. The molecular weight excluding hydrogens is 491 g/mol. The lowest BCUT2D eigenvalue weighted by Crippen LogP contribution is -2.37. The van der Waals surface area contributed by atoms with Crippen LogP contribution in [-0.2, 0) is 23.1 Å². The summed E-state index contributed by atoms with van der Waals surface area (Å²) in [5.41, 5.74) is 0. The number of carbonyl (C=O) groups excluding carboxylic acids is 1. The van der Waals surface area contributed by atoms with Gasteiger partial charge in [-0.15, -0.1) is 0 Å². The monoisotopic (exact) mass is 551 g/mol. The van der Waals surface area contributed by atoms with Crippen LogP contribution in [0.2, 0.25) is 0 Å². The summed E-state index contributed by atoms with van der Waals surface area (Å²) in [6.07, 6.45) is 17.8. The highest BCUT2D eigenvalue weighted by atomic mass is 31.2. The highest BCUT2D eigenvalue weighted by molar-refractivity contribution is 7.47. The van der Waals surface area contributed by atoms with E-state index >= 15 is 0 Å². The first-order valence-corrected chi connectivity index (χ1v) is 16.4. The highest BCUT2D eigenvalue weighted by Crippen LogP contribution is 2.43. The molecule has 0 spiro atoms. The van der Waals surface area contributed by atoms with Crippen molar-refractivity contribution in [2.75, 3.05) is 54.1 Å². The Bertz CT molecular complexity index is 586. The van der Waals surface area contributed by atoms with E-state index in [4.69, 9.17) is 13.8 Å². The number of hydrogen-bond donors (Lipinski definition) is 2. The van der Waals surface area contributed by atoms with Gasteiger partial charge in [0.15, 0.2) is 0 Å². The van der Waals surface area contributed by atoms with E-state index < -0.39 is 13.9 Å². The fraction of sp³-hybridized carbons (Fsp3) is 0.964. The first-order valence-electron chi connectivity index (χ1n) is 14.9. The number of phosphoric acid groups is 1. The van der Waals surface area contributed by atoms with Gasteiger partial charge in [0.1, 0.15) is 13.2 Å². The summed E-state index contributed by atoms with van der Waals surface area (Å²) in [4.78, 5) is 22.4. The van der Waals surface area contributed by atoms with Crippen molar-refractivity contribution in [3.63, 3.8) is 0 Å². The number of nitrogens with one attached hydrogen (secondary N) is 1. The molecule has 2 atom stereocenters. The van der Waals surface area contributed by atoms with E-state index in [0.717, 1.165) is 25.7 Å². The molecule has 0 aromatic rings. The largest absolute Gasteiger partial charge is 0.472 e. The lowest BCUT2D eigenvalue weighted by Gasteiger charge is -2.24. The number of amides is 1. The third-order valence-corrected chi connectivity index (χ3v) is 7.31. The third-order valence-electron chi connectivity index (χ3n) is 6.33. The Morgan fingerprint density at radius 2 is 1.30 bits per heavy atom. The zero-order chi connectivity index (χ0) is 27.8. The Kier molecular flexibility index (Phi) is 23.1. The Morgan fingerprint density at radius 3 is 1.84 bits per heavy atom. The Labute approximate surface area is 228 Å². The normalized spacial score (nSPS) is 14.4. The minimum atomic E-state index is -4.18. The summed E-state index contributed by atoms with van der Waals surface area (Å²) < 4.78 is 29.2. The molecule has 0 aliphatic carbocycles. The summed E-state index contributed by atoms with van der Waals surface area (Å²) in [5, 5.41) is 2.92. The van der Waals surface area contributed by atoms with Crippen molar-refractivity contribution in [3.8, 4) is 0 Å². The maximum atomic E-state index is 12.3. The van der Waals surface area contributed by atoms with E-state index in [0.29, 0.717) is 24.1 Å². The molecular formula is C28H60N2O6P+. The van der Waals surface area contributed by atoms with Crippen LogP contribution in [0.1, 0.15) is 117 Å². The number of likely N-dealkylation sites (N-methyl/N-ethyl adjacent to an activating group) is 1. The van der Waals surface area contributed by atoms with Crippen LogP contribution in [0.3, 0.4) is 0 Å². The molecule has 0 heterocycles. The quantitative estimate of drug-likeness (QED) is 0.0678. The second kappa shape index (κ2) is 23.4. The molecule has 0 aliphatic heterocycles. The molecule has 0 aromatic carbocycles. The van der Waals surface area contributed by atoms with Crippen LogP contribution in [0.5, 0.6) is 0 Å². The van der Waals surface area contributed by atoms with Gasteiger partial charge in [0, 0.05) is 19.6 Å². The number of rotatable bonds is 27. The van der Waals surface area contributed by atoms with Crippen LogP contribution >= 0.6 is 7.82 Å². The van der Waals surface area contributed by atoms with E-state index in [2.05, 4.69) is 19.2 Å². The van der Waals surface area contributed by atoms with Crippen LogP contribution in [-0.4, -0.2) is 75.4 Å². The van der Waals surface area contributed by atoms with Crippen molar-refractivity contribution in [1.82, 2.24) is 5.32 Å². The molecule has 0 rings (SSSR count). The fourth-order valence-electron chi connectivity index (χ4n) is 3.86. The molecule has 0 aromatic heterocycles.